The van der Waals surface area contributed by atoms with E-state index < -0.39 is 0 Å². The zero-order valence-corrected chi connectivity index (χ0v) is 14.3. The molecule has 24 heavy (non-hydrogen) atoms. The first-order valence-electron chi connectivity index (χ1n) is 8.44. The molecule has 2 rings (SSSR count). The third kappa shape index (κ3) is 5.81. The van der Waals surface area contributed by atoms with E-state index >= 15 is 0 Å². The quantitative estimate of drug-likeness (QED) is 0.725. The van der Waals surface area contributed by atoms with E-state index in [-0.39, 0.29) is 24.0 Å². The summed E-state index contributed by atoms with van der Waals surface area (Å²) in [5.74, 6) is -0.201. The fourth-order valence-electron chi connectivity index (χ4n) is 2.77. The van der Waals surface area contributed by atoms with Crippen LogP contribution in [-0.2, 0) is 11.3 Å². The van der Waals surface area contributed by atoms with Gasteiger partial charge in [0.1, 0.15) is 0 Å². The molecule has 1 aliphatic rings. The first-order chi connectivity index (χ1) is 11.4. The summed E-state index contributed by atoms with van der Waals surface area (Å²) >= 11 is 0. The van der Waals surface area contributed by atoms with Gasteiger partial charge in [-0.2, -0.15) is 0 Å². The molecule has 0 unspecified atom stereocenters. The highest BCUT2D eigenvalue weighted by molar-refractivity contribution is 5.94. The highest BCUT2D eigenvalue weighted by Crippen LogP contribution is 2.18. The summed E-state index contributed by atoms with van der Waals surface area (Å²) in [6.07, 6.45) is 4.47. The minimum Gasteiger partial charge on any atom is -0.393 e. The molecule has 0 heterocycles. The summed E-state index contributed by atoms with van der Waals surface area (Å²) in [4.78, 5) is 23.8. The molecule has 1 saturated carbocycles. The van der Waals surface area contributed by atoms with Gasteiger partial charge >= 0.3 is 0 Å². The molecule has 2 amide bonds. The lowest BCUT2D eigenvalue weighted by atomic mass is 9.93. The molecule has 1 fully saturated rings. The van der Waals surface area contributed by atoms with Crippen LogP contribution in [0.2, 0.25) is 0 Å². The Morgan fingerprint density at radius 2 is 1.75 bits per heavy atom. The number of benzene rings is 1. The van der Waals surface area contributed by atoms with E-state index in [0.29, 0.717) is 12.1 Å². The van der Waals surface area contributed by atoms with Gasteiger partial charge in [0.25, 0.3) is 5.91 Å². The average Bonchev–Trinajstić information content (AvgIpc) is 2.55. The Bertz CT molecular complexity index is 596. The molecule has 5 heteroatoms. The molecule has 0 spiro atoms. The van der Waals surface area contributed by atoms with Crippen molar-refractivity contribution in [3.63, 3.8) is 0 Å². The van der Waals surface area contributed by atoms with Crippen LogP contribution in [0, 0.1) is 0 Å². The number of aliphatic hydroxyl groups excluding tert-OH is 1. The zero-order valence-electron chi connectivity index (χ0n) is 14.3. The number of rotatable bonds is 5. The van der Waals surface area contributed by atoms with Gasteiger partial charge in [0.2, 0.25) is 5.91 Å². The predicted octanol–water partition coefficient (Wildman–Crippen LogP) is 2.30. The van der Waals surface area contributed by atoms with E-state index in [1.165, 1.54) is 0 Å². The molecule has 0 atom stereocenters. The minimum atomic E-state index is -0.223. The fourth-order valence-corrected chi connectivity index (χ4v) is 2.77. The van der Waals surface area contributed by atoms with E-state index in [1.807, 2.05) is 26.0 Å². The Balaban J connectivity index is 1.83. The summed E-state index contributed by atoms with van der Waals surface area (Å²) in [6, 6.07) is 7.39. The van der Waals surface area contributed by atoms with Crippen LogP contribution in [0.15, 0.2) is 35.9 Å². The Labute approximate surface area is 143 Å². The van der Waals surface area contributed by atoms with Crippen LogP contribution in [-0.4, -0.2) is 29.1 Å². The maximum atomic E-state index is 12.2. The normalized spacial score (nSPS) is 20.1. The van der Waals surface area contributed by atoms with Crippen molar-refractivity contribution in [1.82, 2.24) is 10.6 Å². The SMILES string of the molecule is CC(C)=CC(=O)NCc1ccc(C(=O)NC2CCC(O)CC2)cc1. The van der Waals surface area contributed by atoms with Crippen molar-refractivity contribution >= 4 is 11.8 Å². The van der Waals surface area contributed by atoms with E-state index in [1.54, 1.807) is 18.2 Å². The first kappa shape index (κ1) is 18.2. The van der Waals surface area contributed by atoms with E-state index in [4.69, 9.17) is 0 Å². The molecule has 0 aromatic heterocycles. The Hall–Kier alpha value is -2.14. The van der Waals surface area contributed by atoms with Crippen LogP contribution in [0.4, 0.5) is 0 Å². The highest BCUT2D eigenvalue weighted by Gasteiger charge is 2.21. The second-order valence-corrected chi connectivity index (χ2v) is 6.62. The van der Waals surface area contributed by atoms with Crippen molar-refractivity contribution in [3.8, 4) is 0 Å². The summed E-state index contributed by atoms with van der Waals surface area (Å²) in [5, 5.41) is 15.3. The number of nitrogens with one attached hydrogen (secondary N) is 2. The largest absolute Gasteiger partial charge is 0.393 e. The monoisotopic (exact) mass is 330 g/mol. The third-order valence-corrected chi connectivity index (χ3v) is 4.13. The van der Waals surface area contributed by atoms with Gasteiger partial charge in [0.05, 0.1) is 6.10 Å². The van der Waals surface area contributed by atoms with Gasteiger partial charge in [-0.15, -0.1) is 0 Å². The summed E-state index contributed by atoms with van der Waals surface area (Å²) in [6.45, 7) is 4.19. The number of allylic oxidation sites excluding steroid dienone is 1. The number of hydrogen-bond donors (Lipinski definition) is 3. The molecule has 0 aliphatic heterocycles. The average molecular weight is 330 g/mol. The minimum absolute atomic E-state index is 0.0866. The molecular weight excluding hydrogens is 304 g/mol. The van der Waals surface area contributed by atoms with Gasteiger partial charge in [-0.25, -0.2) is 0 Å². The van der Waals surface area contributed by atoms with Crippen LogP contribution in [0.5, 0.6) is 0 Å². The van der Waals surface area contributed by atoms with Gasteiger partial charge in [-0.1, -0.05) is 17.7 Å². The van der Waals surface area contributed by atoms with Crippen LogP contribution in [0.25, 0.3) is 0 Å². The van der Waals surface area contributed by atoms with Crippen LogP contribution in [0.1, 0.15) is 55.5 Å². The maximum absolute atomic E-state index is 12.2. The lowest BCUT2D eigenvalue weighted by molar-refractivity contribution is -0.116. The van der Waals surface area contributed by atoms with Gasteiger partial charge in [-0.3, -0.25) is 9.59 Å². The molecule has 1 aliphatic carbocycles. The lowest BCUT2D eigenvalue weighted by Gasteiger charge is -2.26. The molecule has 5 nitrogen and oxygen atoms in total. The summed E-state index contributed by atoms with van der Waals surface area (Å²) in [7, 11) is 0. The van der Waals surface area contributed by atoms with E-state index in [0.717, 1.165) is 36.8 Å². The van der Waals surface area contributed by atoms with Crippen molar-refractivity contribution < 1.29 is 14.7 Å². The molecule has 1 aromatic rings. The van der Waals surface area contributed by atoms with Crippen molar-refractivity contribution in [2.45, 2.75) is 58.2 Å². The van der Waals surface area contributed by atoms with Gasteiger partial charge in [-0.05, 0) is 57.2 Å². The Kier molecular flexibility index (Phi) is 6.55. The molecule has 130 valence electrons. The maximum Gasteiger partial charge on any atom is 0.251 e. The lowest BCUT2D eigenvalue weighted by Crippen LogP contribution is -2.38. The Morgan fingerprint density at radius 1 is 1.12 bits per heavy atom. The summed E-state index contributed by atoms with van der Waals surface area (Å²) in [5.41, 5.74) is 2.51. The van der Waals surface area contributed by atoms with Crippen molar-refractivity contribution in [1.29, 1.82) is 0 Å². The van der Waals surface area contributed by atoms with Crippen molar-refractivity contribution in [3.05, 3.63) is 47.0 Å². The van der Waals surface area contributed by atoms with Crippen LogP contribution >= 0.6 is 0 Å². The molecule has 0 radical (unpaired) electrons. The van der Waals surface area contributed by atoms with Crippen LogP contribution < -0.4 is 10.6 Å². The first-order valence-corrected chi connectivity index (χ1v) is 8.44. The molecule has 3 N–H and O–H groups in total. The Morgan fingerprint density at radius 3 is 2.33 bits per heavy atom. The van der Waals surface area contributed by atoms with Gasteiger partial charge in [0.15, 0.2) is 0 Å². The number of carbonyl (C=O) groups is 2. The number of hydrogen-bond acceptors (Lipinski definition) is 3. The van der Waals surface area contributed by atoms with Gasteiger partial charge < -0.3 is 15.7 Å². The van der Waals surface area contributed by atoms with Gasteiger partial charge in [0, 0.05) is 24.2 Å². The topological polar surface area (TPSA) is 78.4 Å². The zero-order chi connectivity index (χ0) is 17.5. The van der Waals surface area contributed by atoms with Crippen molar-refractivity contribution in [2.75, 3.05) is 0 Å². The number of aliphatic hydroxyl groups is 1. The summed E-state index contributed by atoms with van der Waals surface area (Å²) < 4.78 is 0. The van der Waals surface area contributed by atoms with Crippen molar-refractivity contribution in [2.24, 2.45) is 0 Å². The second kappa shape index (κ2) is 8.64. The smallest absolute Gasteiger partial charge is 0.251 e. The molecule has 1 aromatic carbocycles. The predicted molar refractivity (Wildman–Crippen MR) is 93.4 cm³/mol. The molecular formula is C19H26N2O3. The number of carbonyl (C=O) groups excluding carboxylic acids is 2. The molecule has 0 saturated heterocycles. The fraction of sp³-hybridized carbons (Fsp3) is 0.474. The number of amides is 2. The third-order valence-electron chi connectivity index (χ3n) is 4.13. The highest BCUT2D eigenvalue weighted by atomic mass is 16.3. The van der Waals surface area contributed by atoms with E-state index in [2.05, 4.69) is 10.6 Å². The standard InChI is InChI=1S/C19H26N2O3/c1-13(2)11-18(23)20-12-14-3-5-15(6-4-14)19(24)21-16-7-9-17(22)10-8-16/h3-6,11,16-17,22H,7-10,12H2,1-2H3,(H,20,23)(H,21,24). The van der Waals surface area contributed by atoms with Crippen LogP contribution in [0.3, 0.4) is 0 Å². The molecule has 0 bridgehead atoms. The second-order valence-electron chi connectivity index (χ2n) is 6.62. The van der Waals surface area contributed by atoms with E-state index in [9.17, 15) is 14.7 Å².